The molecular weight excluding hydrogens is 237 g/mol. The normalized spacial score (nSPS) is 10.8. The van der Waals surface area contributed by atoms with Crippen LogP contribution in [0.15, 0.2) is 29.1 Å². The molecule has 2 rings (SSSR count). The van der Waals surface area contributed by atoms with Crippen LogP contribution in [0, 0.1) is 5.82 Å². The first kappa shape index (κ1) is 12.3. The lowest BCUT2D eigenvalue weighted by molar-refractivity contribution is 0.0684. The Morgan fingerprint density at radius 3 is 2.72 bits per heavy atom. The highest BCUT2D eigenvalue weighted by molar-refractivity contribution is 5.90. The summed E-state index contributed by atoms with van der Waals surface area (Å²) in [6.45, 7) is 2.36. The first-order valence-electron chi connectivity index (χ1n) is 5.61. The number of fused-ring (bicyclic) bond motifs is 1. The molecule has 0 saturated heterocycles. The number of pyridine rings is 1. The van der Waals surface area contributed by atoms with E-state index < -0.39 is 17.2 Å². The van der Waals surface area contributed by atoms with E-state index in [4.69, 9.17) is 5.11 Å². The average Bonchev–Trinajstić information content (AvgIpc) is 2.32. The smallest absolute Gasteiger partial charge is 0.352 e. The van der Waals surface area contributed by atoms with Gasteiger partial charge in [-0.15, -0.1) is 0 Å². The van der Waals surface area contributed by atoms with Gasteiger partial charge in [0, 0.05) is 18.0 Å². The topological polar surface area (TPSA) is 59.3 Å². The Bertz CT molecular complexity index is 676. The second-order valence-corrected chi connectivity index (χ2v) is 4.01. The van der Waals surface area contributed by atoms with Crippen LogP contribution in [-0.2, 0) is 6.54 Å². The van der Waals surface area contributed by atoms with E-state index in [0.29, 0.717) is 12.1 Å². The monoisotopic (exact) mass is 249 g/mol. The van der Waals surface area contributed by atoms with Gasteiger partial charge in [-0.25, -0.2) is 9.18 Å². The minimum Gasteiger partial charge on any atom is -0.477 e. The van der Waals surface area contributed by atoms with Gasteiger partial charge in [0.1, 0.15) is 11.5 Å². The minimum absolute atomic E-state index is 0.0686. The number of halogens is 1. The number of hydrogen-bond acceptors (Lipinski definition) is 2. The van der Waals surface area contributed by atoms with Gasteiger partial charge in [-0.1, -0.05) is 6.92 Å². The Kier molecular flexibility index (Phi) is 3.14. The number of aryl methyl sites for hydroxylation is 1. The lowest BCUT2D eigenvalue weighted by Crippen LogP contribution is -2.18. The Morgan fingerprint density at radius 2 is 2.11 bits per heavy atom. The standard InChI is InChI=1S/C13H12FNO3/c1-2-5-15-10-4-3-8(14)6-9(10)12(16)7-11(15)13(17)18/h3-4,6-7H,2,5H2,1H3,(H,17,18). The molecule has 1 N–H and O–H groups in total. The van der Waals surface area contributed by atoms with E-state index >= 15 is 0 Å². The van der Waals surface area contributed by atoms with Gasteiger partial charge in [0.05, 0.1) is 5.52 Å². The lowest BCUT2D eigenvalue weighted by Gasteiger charge is -2.13. The average molecular weight is 249 g/mol. The van der Waals surface area contributed by atoms with Crippen LogP contribution >= 0.6 is 0 Å². The Balaban J connectivity index is 2.89. The molecule has 0 atom stereocenters. The van der Waals surface area contributed by atoms with E-state index in [1.165, 1.54) is 16.7 Å². The van der Waals surface area contributed by atoms with Crippen molar-refractivity contribution in [3.63, 3.8) is 0 Å². The van der Waals surface area contributed by atoms with E-state index in [-0.39, 0.29) is 11.1 Å². The molecular formula is C13H12FNO3. The fraction of sp³-hybridized carbons (Fsp3) is 0.231. The molecule has 0 aliphatic heterocycles. The highest BCUT2D eigenvalue weighted by atomic mass is 19.1. The zero-order valence-electron chi connectivity index (χ0n) is 9.81. The van der Waals surface area contributed by atoms with Crippen molar-refractivity contribution in [2.45, 2.75) is 19.9 Å². The third-order valence-electron chi connectivity index (χ3n) is 2.74. The van der Waals surface area contributed by atoms with E-state index in [9.17, 15) is 14.0 Å². The zero-order chi connectivity index (χ0) is 13.3. The van der Waals surface area contributed by atoms with Gasteiger partial charge in [0.25, 0.3) is 0 Å². The number of rotatable bonds is 3. The summed E-state index contributed by atoms with van der Waals surface area (Å²) in [4.78, 5) is 22.9. The van der Waals surface area contributed by atoms with Gasteiger partial charge in [0.2, 0.25) is 0 Å². The molecule has 0 spiro atoms. The summed E-state index contributed by atoms with van der Waals surface area (Å²) < 4.78 is 14.7. The third-order valence-corrected chi connectivity index (χ3v) is 2.74. The molecule has 0 unspecified atom stereocenters. The van der Waals surface area contributed by atoms with Crippen molar-refractivity contribution in [3.05, 3.63) is 46.0 Å². The molecule has 5 heteroatoms. The molecule has 0 amide bonds. The maximum Gasteiger partial charge on any atom is 0.352 e. The number of hydrogen-bond donors (Lipinski definition) is 1. The van der Waals surface area contributed by atoms with Gasteiger partial charge < -0.3 is 9.67 Å². The number of carboxylic acids is 1. The van der Waals surface area contributed by atoms with Crippen LogP contribution in [0.5, 0.6) is 0 Å². The maximum absolute atomic E-state index is 13.1. The van der Waals surface area contributed by atoms with Crippen molar-refractivity contribution < 1.29 is 14.3 Å². The molecule has 0 fully saturated rings. The summed E-state index contributed by atoms with van der Waals surface area (Å²) in [5, 5.41) is 9.30. The van der Waals surface area contributed by atoms with Crippen molar-refractivity contribution in [2.75, 3.05) is 0 Å². The SMILES string of the molecule is CCCn1c(C(=O)O)cc(=O)c2cc(F)ccc21. The van der Waals surface area contributed by atoms with Crippen LogP contribution in [0.25, 0.3) is 10.9 Å². The summed E-state index contributed by atoms with van der Waals surface area (Å²) in [7, 11) is 0. The molecule has 0 radical (unpaired) electrons. The molecule has 1 heterocycles. The number of benzene rings is 1. The number of nitrogens with zero attached hydrogens (tertiary/aromatic N) is 1. The van der Waals surface area contributed by atoms with Gasteiger partial charge in [-0.3, -0.25) is 4.79 Å². The molecule has 0 aliphatic rings. The second-order valence-electron chi connectivity index (χ2n) is 4.01. The first-order valence-corrected chi connectivity index (χ1v) is 5.61. The van der Waals surface area contributed by atoms with Crippen LogP contribution in [0.1, 0.15) is 23.8 Å². The highest BCUT2D eigenvalue weighted by Gasteiger charge is 2.14. The molecule has 2 aromatic rings. The van der Waals surface area contributed by atoms with Crippen molar-refractivity contribution in [2.24, 2.45) is 0 Å². The molecule has 4 nitrogen and oxygen atoms in total. The quantitative estimate of drug-likeness (QED) is 0.907. The Morgan fingerprint density at radius 1 is 1.39 bits per heavy atom. The Hall–Kier alpha value is -2.17. The molecule has 0 saturated carbocycles. The Labute approximate surface area is 102 Å². The number of aromatic carboxylic acids is 1. The molecule has 94 valence electrons. The maximum atomic E-state index is 13.1. The lowest BCUT2D eigenvalue weighted by atomic mass is 10.1. The molecule has 0 aliphatic carbocycles. The van der Waals surface area contributed by atoms with Crippen molar-refractivity contribution in [1.82, 2.24) is 4.57 Å². The predicted octanol–water partition coefficient (Wildman–Crippen LogP) is 2.25. The van der Waals surface area contributed by atoms with Gasteiger partial charge in [-0.2, -0.15) is 0 Å². The number of carboxylic acid groups (broad SMARTS) is 1. The zero-order valence-corrected chi connectivity index (χ0v) is 9.81. The largest absolute Gasteiger partial charge is 0.477 e. The van der Waals surface area contributed by atoms with E-state index in [0.717, 1.165) is 18.6 Å². The van der Waals surface area contributed by atoms with Crippen molar-refractivity contribution in [1.29, 1.82) is 0 Å². The first-order chi connectivity index (χ1) is 8.54. The summed E-state index contributed by atoms with van der Waals surface area (Å²) in [6, 6.07) is 4.84. The molecule has 18 heavy (non-hydrogen) atoms. The number of carbonyl (C=O) groups is 1. The fourth-order valence-corrected chi connectivity index (χ4v) is 1.99. The summed E-state index contributed by atoms with van der Waals surface area (Å²) >= 11 is 0. The predicted molar refractivity (Wildman–Crippen MR) is 65.4 cm³/mol. The van der Waals surface area contributed by atoms with Crippen molar-refractivity contribution >= 4 is 16.9 Å². The highest BCUT2D eigenvalue weighted by Crippen LogP contribution is 2.15. The minimum atomic E-state index is -1.16. The van der Waals surface area contributed by atoms with Crippen LogP contribution in [0.3, 0.4) is 0 Å². The molecule has 1 aromatic carbocycles. The fourth-order valence-electron chi connectivity index (χ4n) is 1.99. The number of aromatic nitrogens is 1. The summed E-state index contributed by atoms with van der Waals surface area (Å²) in [5.41, 5.74) is -0.0987. The van der Waals surface area contributed by atoms with Crippen LogP contribution in [0.4, 0.5) is 4.39 Å². The third kappa shape index (κ3) is 1.99. The summed E-state index contributed by atoms with van der Waals surface area (Å²) in [5.74, 6) is -1.67. The van der Waals surface area contributed by atoms with Gasteiger partial charge in [-0.05, 0) is 24.6 Å². The second kappa shape index (κ2) is 4.60. The van der Waals surface area contributed by atoms with Gasteiger partial charge in [0.15, 0.2) is 5.43 Å². The molecule has 0 bridgehead atoms. The van der Waals surface area contributed by atoms with Gasteiger partial charge >= 0.3 is 5.97 Å². The van der Waals surface area contributed by atoms with Crippen molar-refractivity contribution in [3.8, 4) is 0 Å². The molecule has 1 aromatic heterocycles. The van der Waals surface area contributed by atoms with E-state index in [2.05, 4.69) is 0 Å². The summed E-state index contributed by atoms with van der Waals surface area (Å²) in [6.07, 6.45) is 0.718. The van der Waals surface area contributed by atoms with E-state index in [1.54, 1.807) is 0 Å². The van der Waals surface area contributed by atoms with E-state index in [1.807, 2.05) is 6.92 Å². The van der Waals surface area contributed by atoms with Crippen LogP contribution in [-0.4, -0.2) is 15.6 Å². The van der Waals surface area contributed by atoms with Crippen LogP contribution in [0.2, 0.25) is 0 Å². The van der Waals surface area contributed by atoms with Crippen LogP contribution < -0.4 is 5.43 Å².